The zero-order chi connectivity index (χ0) is 16.2. The monoisotopic (exact) mass is 333 g/mol. The summed E-state index contributed by atoms with van der Waals surface area (Å²) < 4.78 is 12.9. The summed E-state index contributed by atoms with van der Waals surface area (Å²) in [5.74, 6) is -0.237. The first kappa shape index (κ1) is 16.1. The van der Waals surface area contributed by atoms with Crippen LogP contribution in [0.1, 0.15) is 33.9 Å². The second-order valence-corrected chi connectivity index (χ2v) is 6.75. The first-order valence-corrected chi connectivity index (χ1v) is 8.69. The van der Waals surface area contributed by atoms with Gasteiger partial charge in [0.1, 0.15) is 11.5 Å². The summed E-state index contributed by atoms with van der Waals surface area (Å²) in [6.45, 7) is 1.53. The number of amides is 1. The fourth-order valence-corrected chi connectivity index (χ4v) is 3.63. The molecule has 1 amide bonds. The lowest BCUT2D eigenvalue weighted by Crippen LogP contribution is -2.47. The molecule has 1 aliphatic heterocycles. The quantitative estimate of drug-likeness (QED) is 0.936. The highest BCUT2D eigenvalue weighted by atomic mass is 32.1. The van der Waals surface area contributed by atoms with Crippen molar-refractivity contribution < 1.29 is 9.18 Å². The summed E-state index contributed by atoms with van der Waals surface area (Å²) in [4.78, 5) is 18.9. The summed E-state index contributed by atoms with van der Waals surface area (Å²) in [6.07, 6.45) is 2.74. The molecule has 4 nitrogen and oxygen atoms in total. The van der Waals surface area contributed by atoms with Crippen molar-refractivity contribution in [1.29, 1.82) is 0 Å². The van der Waals surface area contributed by atoms with E-state index in [0.717, 1.165) is 36.5 Å². The number of aromatic nitrogens is 1. The van der Waals surface area contributed by atoms with Gasteiger partial charge < -0.3 is 10.2 Å². The minimum Gasteiger partial charge on any atom is -0.336 e. The van der Waals surface area contributed by atoms with E-state index in [4.69, 9.17) is 0 Å². The Hall–Kier alpha value is -1.79. The van der Waals surface area contributed by atoms with E-state index in [0.29, 0.717) is 18.2 Å². The highest BCUT2D eigenvalue weighted by Crippen LogP contribution is 2.18. The highest BCUT2D eigenvalue weighted by Gasteiger charge is 2.25. The molecule has 23 heavy (non-hydrogen) atoms. The molecule has 2 aromatic rings. The van der Waals surface area contributed by atoms with Gasteiger partial charge in [0, 0.05) is 30.9 Å². The maximum absolute atomic E-state index is 12.9. The first-order chi connectivity index (χ1) is 11.2. The molecular formula is C17H20FN3OS. The summed E-state index contributed by atoms with van der Waals surface area (Å²) in [6, 6.07) is 6.76. The van der Waals surface area contributed by atoms with Crippen LogP contribution in [-0.4, -0.2) is 42.0 Å². The van der Waals surface area contributed by atoms with Gasteiger partial charge in [0.05, 0.1) is 5.01 Å². The Morgan fingerprint density at radius 1 is 1.43 bits per heavy atom. The van der Waals surface area contributed by atoms with Gasteiger partial charge in [0.25, 0.3) is 5.91 Å². The minimum atomic E-state index is -0.243. The van der Waals surface area contributed by atoms with Crippen molar-refractivity contribution in [3.05, 3.63) is 51.7 Å². The second-order valence-electron chi connectivity index (χ2n) is 5.81. The van der Waals surface area contributed by atoms with Crippen LogP contribution >= 0.6 is 11.3 Å². The van der Waals surface area contributed by atoms with E-state index in [-0.39, 0.29) is 11.7 Å². The first-order valence-electron chi connectivity index (χ1n) is 7.81. The van der Waals surface area contributed by atoms with E-state index >= 15 is 0 Å². The molecule has 0 bridgehead atoms. The van der Waals surface area contributed by atoms with Gasteiger partial charge >= 0.3 is 0 Å². The number of hydrogen-bond acceptors (Lipinski definition) is 4. The molecule has 1 aromatic carbocycles. The predicted octanol–water partition coefficient (Wildman–Crippen LogP) is 2.70. The van der Waals surface area contributed by atoms with Crippen LogP contribution in [-0.2, 0) is 6.42 Å². The molecule has 0 radical (unpaired) electrons. The Bertz CT molecular complexity index is 671. The molecule has 6 heteroatoms. The van der Waals surface area contributed by atoms with Crippen LogP contribution in [0.25, 0.3) is 0 Å². The molecule has 1 aromatic heterocycles. The number of rotatable bonds is 4. The Balaban J connectivity index is 1.66. The van der Waals surface area contributed by atoms with Crippen LogP contribution in [0.3, 0.4) is 0 Å². The topological polar surface area (TPSA) is 45.2 Å². The fraction of sp³-hybridized carbons (Fsp3) is 0.412. The third kappa shape index (κ3) is 3.95. The lowest BCUT2D eigenvalue weighted by molar-refractivity contribution is 0.0693. The second kappa shape index (κ2) is 7.19. The van der Waals surface area contributed by atoms with Crippen LogP contribution in [0, 0.1) is 5.82 Å². The van der Waals surface area contributed by atoms with Gasteiger partial charge in [-0.1, -0.05) is 12.1 Å². The van der Waals surface area contributed by atoms with Gasteiger partial charge in [-0.15, -0.1) is 11.3 Å². The lowest BCUT2D eigenvalue weighted by atomic mass is 10.1. The SMILES string of the molecule is CNC1CCCN(C(=O)c2csc(Cc3ccc(F)cc3)n2)C1. The molecule has 0 aliphatic carbocycles. The van der Waals surface area contributed by atoms with Gasteiger partial charge in [0.15, 0.2) is 0 Å². The fourth-order valence-electron chi connectivity index (χ4n) is 2.83. The summed E-state index contributed by atoms with van der Waals surface area (Å²) in [7, 11) is 1.93. The van der Waals surface area contributed by atoms with Gasteiger partial charge in [-0.25, -0.2) is 9.37 Å². The van der Waals surface area contributed by atoms with E-state index in [1.807, 2.05) is 17.3 Å². The number of nitrogens with zero attached hydrogens (tertiary/aromatic N) is 2. The van der Waals surface area contributed by atoms with E-state index in [1.54, 1.807) is 12.1 Å². The number of piperidine rings is 1. The summed E-state index contributed by atoms with van der Waals surface area (Å²) >= 11 is 1.48. The maximum atomic E-state index is 12.9. The Labute approximate surface area is 139 Å². The molecule has 3 rings (SSSR count). The van der Waals surface area contributed by atoms with Crippen molar-refractivity contribution in [2.45, 2.75) is 25.3 Å². The Kier molecular flexibility index (Phi) is 5.03. The molecule has 1 fully saturated rings. The molecule has 1 N–H and O–H groups in total. The number of likely N-dealkylation sites (N-methyl/N-ethyl adjacent to an activating group) is 1. The van der Waals surface area contributed by atoms with Crippen molar-refractivity contribution in [3.63, 3.8) is 0 Å². The van der Waals surface area contributed by atoms with Gasteiger partial charge in [0.2, 0.25) is 0 Å². The van der Waals surface area contributed by atoms with Crippen molar-refractivity contribution in [3.8, 4) is 0 Å². The number of carbonyl (C=O) groups excluding carboxylic acids is 1. The number of carbonyl (C=O) groups is 1. The standard InChI is InChI=1S/C17H20FN3OS/c1-19-14-3-2-8-21(10-14)17(22)15-11-23-16(20-15)9-12-4-6-13(18)7-5-12/h4-7,11,14,19H,2-3,8-10H2,1H3. The van der Waals surface area contributed by atoms with Crippen molar-refractivity contribution in [2.24, 2.45) is 0 Å². The molecule has 1 aliphatic rings. The van der Waals surface area contributed by atoms with E-state index in [2.05, 4.69) is 10.3 Å². The third-order valence-electron chi connectivity index (χ3n) is 4.16. The normalized spacial score (nSPS) is 18.2. The molecule has 0 spiro atoms. The highest BCUT2D eigenvalue weighted by molar-refractivity contribution is 7.09. The molecule has 1 atom stereocenters. The van der Waals surface area contributed by atoms with E-state index in [1.165, 1.54) is 23.5 Å². The maximum Gasteiger partial charge on any atom is 0.273 e. The van der Waals surface area contributed by atoms with Crippen LogP contribution in [0.5, 0.6) is 0 Å². The lowest BCUT2D eigenvalue weighted by Gasteiger charge is -2.32. The summed E-state index contributed by atoms with van der Waals surface area (Å²) in [5.41, 5.74) is 1.51. The van der Waals surface area contributed by atoms with Crippen molar-refractivity contribution in [1.82, 2.24) is 15.2 Å². The zero-order valence-corrected chi connectivity index (χ0v) is 13.9. The number of benzene rings is 1. The van der Waals surface area contributed by atoms with Crippen LogP contribution < -0.4 is 5.32 Å². The molecule has 1 unspecified atom stereocenters. The molecule has 1 saturated heterocycles. The van der Waals surface area contributed by atoms with Crippen molar-refractivity contribution >= 4 is 17.2 Å². The third-order valence-corrected chi connectivity index (χ3v) is 5.01. The molecule has 2 heterocycles. The number of thiazole rings is 1. The Morgan fingerprint density at radius 3 is 2.96 bits per heavy atom. The Morgan fingerprint density at radius 2 is 2.22 bits per heavy atom. The van der Waals surface area contributed by atoms with Crippen molar-refractivity contribution in [2.75, 3.05) is 20.1 Å². The predicted molar refractivity (Wildman–Crippen MR) is 89.3 cm³/mol. The van der Waals surface area contributed by atoms with Crippen LogP contribution in [0.15, 0.2) is 29.6 Å². The number of hydrogen-bond donors (Lipinski definition) is 1. The molecule has 0 saturated carbocycles. The van der Waals surface area contributed by atoms with Gasteiger partial charge in [-0.05, 0) is 37.6 Å². The average Bonchev–Trinajstić information content (AvgIpc) is 3.05. The average molecular weight is 333 g/mol. The largest absolute Gasteiger partial charge is 0.336 e. The van der Waals surface area contributed by atoms with Gasteiger partial charge in [-0.2, -0.15) is 0 Å². The zero-order valence-electron chi connectivity index (χ0n) is 13.1. The van der Waals surface area contributed by atoms with E-state index < -0.39 is 0 Å². The molecular weight excluding hydrogens is 313 g/mol. The smallest absolute Gasteiger partial charge is 0.273 e. The van der Waals surface area contributed by atoms with Crippen LogP contribution in [0.2, 0.25) is 0 Å². The number of nitrogens with one attached hydrogen (secondary N) is 1. The number of halogens is 1. The minimum absolute atomic E-state index is 0.00607. The summed E-state index contributed by atoms with van der Waals surface area (Å²) in [5, 5.41) is 5.94. The molecule has 122 valence electrons. The van der Waals surface area contributed by atoms with Crippen LogP contribution in [0.4, 0.5) is 4.39 Å². The van der Waals surface area contributed by atoms with E-state index in [9.17, 15) is 9.18 Å². The van der Waals surface area contributed by atoms with Gasteiger partial charge in [-0.3, -0.25) is 4.79 Å². The number of likely N-dealkylation sites (tertiary alicyclic amines) is 1.